The van der Waals surface area contributed by atoms with Crippen molar-refractivity contribution in [2.75, 3.05) is 14.1 Å². The summed E-state index contributed by atoms with van der Waals surface area (Å²) in [6.07, 6.45) is -1.13. The van der Waals surface area contributed by atoms with E-state index in [-0.39, 0.29) is 5.91 Å². The third-order valence-electron chi connectivity index (χ3n) is 3.26. The number of imidazole rings is 1. The van der Waals surface area contributed by atoms with Crippen molar-refractivity contribution in [2.24, 2.45) is 0 Å². The number of amides is 1. The number of hydrogen-bond donors (Lipinski definition) is 0. The van der Waals surface area contributed by atoms with Gasteiger partial charge in [0.1, 0.15) is 5.69 Å². The van der Waals surface area contributed by atoms with Gasteiger partial charge in [0, 0.05) is 26.5 Å². The molecule has 0 fully saturated rings. The maximum Gasteiger partial charge on any atom is 0.416 e. The molecule has 2 aromatic heterocycles. The second-order valence-corrected chi connectivity index (χ2v) is 6.20. The van der Waals surface area contributed by atoms with Gasteiger partial charge in [-0.3, -0.25) is 9.20 Å². The Bertz CT molecular complexity index is 848. The van der Waals surface area contributed by atoms with Gasteiger partial charge in [-0.25, -0.2) is 4.98 Å². The van der Waals surface area contributed by atoms with E-state index < -0.39 is 11.7 Å². The van der Waals surface area contributed by atoms with Crippen LogP contribution < -0.4 is 0 Å². The first-order valence-corrected chi connectivity index (χ1v) is 7.45. The molecular weight excluding hydrogens is 327 g/mol. The number of alkyl halides is 3. The fourth-order valence-electron chi connectivity index (χ4n) is 2.11. The summed E-state index contributed by atoms with van der Waals surface area (Å²) in [5, 5.41) is 0. The summed E-state index contributed by atoms with van der Waals surface area (Å²) in [6, 6.07) is 5.14. The number of halogens is 3. The molecule has 3 aromatic rings. The molecule has 0 saturated carbocycles. The van der Waals surface area contributed by atoms with E-state index in [4.69, 9.17) is 0 Å². The number of thiazole rings is 1. The first kappa shape index (κ1) is 15.5. The highest BCUT2D eigenvalue weighted by atomic mass is 32.1. The Labute approximate surface area is 133 Å². The third-order valence-corrected chi connectivity index (χ3v) is 4.30. The van der Waals surface area contributed by atoms with Crippen molar-refractivity contribution >= 4 is 22.2 Å². The van der Waals surface area contributed by atoms with Crippen molar-refractivity contribution in [1.82, 2.24) is 14.3 Å². The monoisotopic (exact) mass is 339 g/mol. The van der Waals surface area contributed by atoms with Crippen molar-refractivity contribution in [3.63, 3.8) is 0 Å². The van der Waals surface area contributed by atoms with E-state index in [1.807, 2.05) is 0 Å². The number of fused-ring (bicyclic) bond motifs is 1. The van der Waals surface area contributed by atoms with Crippen molar-refractivity contribution in [2.45, 2.75) is 6.18 Å². The Morgan fingerprint density at radius 2 is 2.00 bits per heavy atom. The number of nitrogens with zero attached hydrogens (tertiary/aromatic N) is 3. The lowest BCUT2D eigenvalue weighted by Gasteiger charge is -2.07. The number of benzene rings is 1. The van der Waals surface area contributed by atoms with Gasteiger partial charge in [-0.2, -0.15) is 13.2 Å². The van der Waals surface area contributed by atoms with Gasteiger partial charge in [0.05, 0.1) is 10.4 Å². The molecule has 0 unspecified atom stereocenters. The van der Waals surface area contributed by atoms with Crippen LogP contribution in [0.1, 0.15) is 16.1 Å². The van der Waals surface area contributed by atoms with Gasteiger partial charge in [0.25, 0.3) is 5.91 Å². The molecule has 2 heterocycles. The molecular formula is C15H12F3N3OS. The highest BCUT2D eigenvalue weighted by Crippen LogP contribution is 2.34. The fraction of sp³-hybridized carbons (Fsp3) is 0.200. The average Bonchev–Trinajstić information content (AvgIpc) is 3.04. The molecule has 4 nitrogen and oxygen atoms in total. The van der Waals surface area contributed by atoms with Crippen molar-refractivity contribution in [3.05, 3.63) is 47.9 Å². The van der Waals surface area contributed by atoms with E-state index in [0.29, 0.717) is 21.1 Å². The van der Waals surface area contributed by atoms with Gasteiger partial charge >= 0.3 is 6.18 Å². The molecule has 0 spiro atoms. The standard InChI is InChI=1S/C15H12F3N3OS/c1-20(2)13(22)11-7-21-8-12(23-14(21)19-11)9-4-3-5-10(6-9)15(16,17)18/h3-8H,1-2H3. The molecule has 0 aliphatic rings. The minimum absolute atomic E-state index is 0.221. The molecule has 8 heteroatoms. The lowest BCUT2D eigenvalue weighted by Crippen LogP contribution is -2.21. The molecule has 0 saturated heterocycles. The fourth-order valence-corrected chi connectivity index (χ4v) is 3.07. The quantitative estimate of drug-likeness (QED) is 0.712. The Hall–Kier alpha value is -2.35. The van der Waals surface area contributed by atoms with Gasteiger partial charge in [0.2, 0.25) is 0 Å². The Morgan fingerprint density at radius 3 is 2.61 bits per heavy atom. The van der Waals surface area contributed by atoms with Gasteiger partial charge < -0.3 is 4.90 Å². The molecule has 0 bridgehead atoms. The van der Waals surface area contributed by atoms with Crippen molar-refractivity contribution in [3.8, 4) is 10.4 Å². The molecule has 120 valence electrons. The second kappa shape index (κ2) is 5.38. The summed E-state index contributed by atoms with van der Waals surface area (Å²) in [4.78, 5) is 18.7. The van der Waals surface area contributed by atoms with Crippen LogP contribution in [0.4, 0.5) is 13.2 Å². The minimum atomic E-state index is -4.38. The SMILES string of the molecule is CN(C)C(=O)c1cn2cc(-c3cccc(C(F)(F)F)c3)sc2n1. The first-order valence-electron chi connectivity index (χ1n) is 6.63. The number of rotatable bonds is 2. The molecule has 23 heavy (non-hydrogen) atoms. The third kappa shape index (κ3) is 2.94. The summed E-state index contributed by atoms with van der Waals surface area (Å²) in [5.41, 5.74) is 0.0807. The molecule has 0 aliphatic heterocycles. The summed E-state index contributed by atoms with van der Waals surface area (Å²) in [6.45, 7) is 0. The van der Waals surface area contributed by atoms with Gasteiger partial charge in [-0.05, 0) is 17.7 Å². The highest BCUT2D eigenvalue weighted by Gasteiger charge is 2.30. The number of carbonyl (C=O) groups excluding carboxylic acids is 1. The lowest BCUT2D eigenvalue weighted by atomic mass is 10.1. The molecule has 3 rings (SSSR count). The zero-order valence-corrected chi connectivity index (χ0v) is 13.1. The van der Waals surface area contributed by atoms with Crippen LogP contribution in [0.5, 0.6) is 0 Å². The van der Waals surface area contributed by atoms with Crippen LogP contribution in [0.2, 0.25) is 0 Å². The summed E-state index contributed by atoms with van der Waals surface area (Å²) < 4.78 is 40.0. The number of aromatic nitrogens is 2. The van der Waals surface area contributed by atoms with Crippen molar-refractivity contribution in [1.29, 1.82) is 0 Å². The number of hydrogen-bond acceptors (Lipinski definition) is 3. The van der Waals surface area contributed by atoms with Crippen LogP contribution in [0.15, 0.2) is 36.7 Å². The number of carbonyl (C=O) groups is 1. The van der Waals surface area contributed by atoms with Gasteiger partial charge in [-0.1, -0.05) is 23.5 Å². The normalized spacial score (nSPS) is 11.9. The molecule has 1 aromatic carbocycles. The van der Waals surface area contributed by atoms with Gasteiger partial charge in [-0.15, -0.1) is 0 Å². The van der Waals surface area contributed by atoms with E-state index >= 15 is 0 Å². The lowest BCUT2D eigenvalue weighted by molar-refractivity contribution is -0.137. The zero-order valence-electron chi connectivity index (χ0n) is 12.3. The predicted octanol–water partition coefficient (Wildman–Crippen LogP) is 3.78. The maximum absolute atomic E-state index is 12.8. The Kier molecular flexibility index (Phi) is 3.63. The smallest absolute Gasteiger partial charge is 0.343 e. The van der Waals surface area contributed by atoms with E-state index in [0.717, 1.165) is 12.1 Å². The zero-order chi connectivity index (χ0) is 16.8. The predicted molar refractivity (Wildman–Crippen MR) is 81.5 cm³/mol. The second-order valence-electron chi connectivity index (χ2n) is 5.19. The van der Waals surface area contributed by atoms with E-state index in [1.165, 1.54) is 22.3 Å². The molecule has 0 N–H and O–H groups in total. The van der Waals surface area contributed by atoms with Crippen LogP contribution in [0.3, 0.4) is 0 Å². The molecule has 0 radical (unpaired) electrons. The average molecular weight is 339 g/mol. The highest BCUT2D eigenvalue weighted by molar-refractivity contribution is 7.20. The van der Waals surface area contributed by atoms with E-state index in [2.05, 4.69) is 4.98 Å². The topological polar surface area (TPSA) is 37.6 Å². The summed E-state index contributed by atoms with van der Waals surface area (Å²) >= 11 is 1.23. The largest absolute Gasteiger partial charge is 0.416 e. The maximum atomic E-state index is 12.8. The minimum Gasteiger partial charge on any atom is -0.343 e. The van der Waals surface area contributed by atoms with Crippen LogP contribution in [0.25, 0.3) is 15.4 Å². The van der Waals surface area contributed by atoms with Crippen LogP contribution >= 0.6 is 11.3 Å². The Morgan fingerprint density at radius 1 is 1.26 bits per heavy atom. The van der Waals surface area contributed by atoms with Crippen LogP contribution in [-0.4, -0.2) is 34.3 Å². The Balaban J connectivity index is 1.99. The van der Waals surface area contributed by atoms with E-state index in [1.54, 1.807) is 37.0 Å². The van der Waals surface area contributed by atoms with Crippen LogP contribution in [0, 0.1) is 0 Å². The molecule has 0 aliphatic carbocycles. The van der Waals surface area contributed by atoms with Crippen LogP contribution in [-0.2, 0) is 6.18 Å². The summed E-state index contributed by atoms with van der Waals surface area (Å²) in [5.74, 6) is -0.221. The molecule has 1 amide bonds. The van der Waals surface area contributed by atoms with Gasteiger partial charge in [0.15, 0.2) is 4.96 Å². The summed E-state index contributed by atoms with van der Waals surface area (Å²) in [7, 11) is 3.26. The van der Waals surface area contributed by atoms with Crippen molar-refractivity contribution < 1.29 is 18.0 Å². The molecule has 0 atom stereocenters. The first-order chi connectivity index (χ1) is 10.8. The van der Waals surface area contributed by atoms with E-state index in [9.17, 15) is 18.0 Å².